The molecule has 1 heterocycles. The summed E-state index contributed by atoms with van der Waals surface area (Å²) in [6, 6.07) is 7.74. The SMILES string of the molecule is COc1ccc(CCCC(=O)N(C)CC(=O)N2CCCC(C(=O)O)C2)cc1. The van der Waals surface area contributed by atoms with E-state index in [9.17, 15) is 14.4 Å². The standard InChI is InChI=1S/C20H28N2O5/c1-21(14-19(24)22-12-4-6-16(13-22)20(25)26)18(23)7-3-5-15-8-10-17(27-2)11-9-15/h8-11,16H,3-7,12-14H2,1-2H3,(H,25,26). The van der Waals surface area contributed by atoms with Crippen LogP contribution in [0.15, 0.2) is 24.3 Å². The Morgan fingerprint density at radius 1 is 1.26 bits per heavy atom. The number of benzene rings is 1. The van der Waals surface area contributed by atoms with Gasteiger partial charge in [-0.2, -0.15) is 0 Å². The molecule has 0 aromatic heterocycles. The van der Waals surface area contributed by atoms with E-state index in [4.69, 9.17) is 9.84 Å². The molecule has 1 fully saturated rings. The molecule has 148 valence electrons. The van der Waals surface area contributed by atoms with Gasteiger partial charge in [-0.15, -0.1) is 0 Å². The molecule has 0 radical (unpaired) electrons. The Morgan fingerprint density at radius 3 is 2.59 bits per heavy atom. The second-order valence-electron chi connectivity index (χ2n) is 6.97. The molecule has 1 saturated heterocycles. The minimum absolute atomic E-state index is 0.00624. The van der Waals surface area contributed by atoms with Gasteiger partial charge in [-0.3, -0.25) is 14.4 Å². The number of carbonyl (C=O) groups is 3. The fourth-order valence-corrected chi connectivity index (χ4v) is 3.22. The van der Waals surface area contributed by atoms with Crippen molar-refractivity contribution in [3.05, 3.63) is 29.8 Å². The Bertz CT molecular complexity index is 659. The summed E-state index contributed by atoms with van der Waals surface area (Å²) in [5.41, 5.74) is 1.13. The number of likely N-dealkylation sites (N-methyl/N-ethyl adjacent to an activating group) is 1. The van der Waals surface area contributed by atoms with E-state index in [0.29, 0.717) is 32.2 Å². The number of aryl methyl sites for hydroxylation is 1. The minimum atomic E-state index is -0.865. The third-order valence-corrected chi connectivity index (χ3v) is 4.94. The number of carboxylic acids is 1. The molecule has 0 bridgehead atoms. The van der Waals surface area contributed by atoms with Crippen LogP contribution in [0.1, 0.15) is 31.2 Å². The second kappa shape index (κ2) is 9.94. The average Bonchev–Trinajstić information content (AvgIpc) is 2.68. The highest BCUT2D eigenvalue weighted by Crippen LogP contribution is 2.17. The number of ether oxygens (including phenoxy) is 1. The maximum absolute atomic E-state index is 12.4. The highest BCUT2D eigenvalue weighted by molar-refractivity contribution is 5.85. The summed E-state index contributed by atoms with van der Waals surface area (Å²) < 4.78 is 5.12. The van der Waals surface area contributed by atoms with Crippen LogP contribution in [0.3, 0.4) is 0 Å². The molecule has 0 spiro atoms. The van der Waals surface area contributed by atoms with Crippen LogP contribution in [0, 0.1) is 5.92 Å². The third kappa shape index (κ3) is 6.27. The van der Waals surface area contributed by atoms with Crippen LogP contribution in [0.2, 0.25) is 0 Å². The number of rotatable bonds is 8. The van der Waals surface area contributed by atoms with E-state index in [1.165, 1.54) is 4.90 Å². The molecule has 7 nitrogen and oxygen atoms in total. The molecule has 2 amide bonds. The molecule has 27 heavy (non-hydrogen) atoms. The summed E-state index contributed by atoms with van der Waals surface area (Å²) in [6.07, 6.45) is 3.13. The van der Waals surface area contributed by atoms with Gasteiger partial charge >= 0.3 is 5.97 Å². The lowest BCUT2D eigenvalue weighted by atomic mass is 9.98. The van der Waals surface area contributed by atoms with E-state index in [-0.39, 0.29) is 24.9 Å². The van der Waals surface area contributed by atoms with Gasteiger partial charge in [0.05, 0.1) is 19.6 Å². The van der Waals surface area contributed by atoms with Crippen molar-refractivity contribution in [3.63, 3.8) is 0 Å². The van der Waals surface area contributed by atoms with E-state index in [1.54, 1.807) is 19.1 Å². The first-order chi connectivity index (χ1) is 12.9. The summed E-state index contributed by atoms with van der Waals surface area (Å²) in [4.78, 5) is 38.7. The van der Waals surface area contributed by atoms with E-state index < -0.39 is 11.9 Å². The fraction of sp³-hybridized carbons (Fsp3) is 0.550. The first-order valence-electron chi connectivity index (χ1n) is 9.28. The van der Waals surface area contributed by atoms with Crippen molar-refractivity contribution in [2.75, 3.05) is 33.8 Å². The van der Waals surface area contributed by atoms with Crippen molar-refractivity contribution in [3.8, 4) is 5.75 Å². The van der Waals surface area contributed by atoms with Gasteiger partial charge in [-0.05, 0) is 43.4 Å². The lowest BCUT2D eigenvalue weighted by Crippen LogP contribution is -2.46. The van der Waals surface area contributed by atoms with Gasteiger partial charge < -0.3 is 19.6 Å². The van der Waals surface area contributed by atoms with E-state index in [2.05, 4.69) is 0 Å². The molecule has 0 aliphatic carbocycles. The molecule has 2 rings (SSSR count). The van der Waals surface area contributed by atoms with Gasteiger partial charge in [0.25, 0.3) is 0 Å². The first kappa shape index (κ1) is 20.7. The van der Waals surface area contributed by atoms with Crippen LogP contribution in [0.5, 0.6) is 5.75 Å². The van der Waals surface area contributed by atoms with Gasteiger partial charge in [0, 0.05) is 26.6 Å². The van der Waals surface area contributed by atoms with Crippen molar-refractivity contribution >= 4 is 17.8 Å². The topological polar surface area (TPSA) is 87.2 Å². The molecule has 1 unspecified atom stereocenters. The first-order valence-corrected chi connectivity index (χ1v) is 9.28. The van der Waals surface area contributed by atoms with Crippen molar-refractivity contribution in [2.24, 2.45) is 5.92 Å². The highest BCUT2D eigenvalue weighted by Gasteiger charge is 2.28. The Morgan fingerprint density at radius 2 is 1.96 bits per heavy atom. The molecular formula is C20H28N2O5. The third-order valence-electron chi connectivity index (χ3n) is 4.94. The largest absolute Gasteiger partial charge is 0.497 e. The number of hydrogen-bond donors (Lipinski definition) is 1. The molecule has 1 aromatic rings. The van der Waals surface area contributed by atoms with Crippen LogP contribution in [-0.2, 0) is 20.8 Å². The summed E-state index contributed by atoms with van der Waals surface area (Å²) in [6.45, 7) is 0.781. The van der Waals surface area contributed by atoms with E-state index in [0.717, 1.165) is 17.7 Å². The number of likely N-dealkylation sites (tertiary alicyclic amines) is 1. The zero-order chi connectivity index (χ0) is 19.8. The summed E-state index contributed by atoms with van der Waals surface area (Å²) in [5, 5.41) is 9.12. The Kier molecular flexibility index (Phi) is 7.64. The monoisotopic (exact) mass is 376 g/mol. The van der Waals surface area contributed by atoms with Crippen molar-refractivity contribution < 1.29 is 24.2 Å². The van der Waals surface area contributed by atoms with E-state index in [1.807, 2.05) is 24.3 Å². The van der Waals surface area contributed by atoms with Crippen LogP contribution in [0.4, 0.5) is 0 Å². The van der Waals surface area contributed by atoms with Crippen LogP contribution < -0.4 is 4.74 Å². The zero-order valence-electron chi connectivity index (χ0n) is 16.0. The summed E-state index contributed by atoms with van der Waals surface area (Å²) in [7, 11) is 3.24. The lowest BCUT2D eigenvalue weighted by molar-refractivity contribution is -0.147. The second-order valence-corrected chi connectivity index (χ2v) is 6.97. The molecule has 7 heteroatoms. The number of piperidine rings is 1. The van der Waals surface area contributed by atoms with Gasteiger partial charge in [0.1, 0.15) is 5.75 Å². The van der Waals surface area contributed by atoms with Crippen molar-refractivity contribution in [1.82, 2.24) is 9.80 Å². The van der Waals surface area contributed by atoms with Gasteiger partial charge in [0.15, 0.2) is 0 Å². The van der Waals surface area contributed by atoms with Crippen LogP contribution in [-0.4, -0.2) is 66.5 Å². The van der Waals surface area contributed by atoms with Crippen molar-refractivity contribution in [1.29, 1.82) is 0 Å². The highest BCUT2D eigenvalue weighted by atomic mass is 16.5. The van der Waals surface area contributed by atoms with Gasteiger partial charge in [0.2, 0.25) is 11.8 Å². The van der Waals surface area contributed by atoms with Gasteiger partial charge in [-0.25, -0.2) is 0 Å². The summed E-state index contributed by atoms with van der Waals surface area (Å²) in [5.74, 6) is -0.838. The molecule has 1 aliphatic heterocycles. The number of methoxy groups -OCH3 is 1. The Balaban J connectivity index is 1.74. The Labute approximate surface area is 159 Å². The molecule has 1 N–H and O–H groups in total. The number of carbonyl (C=O) groups excluding carboxylic acids is 2. The lowest BCUT2D eigenvalue weighted by Gasteiger charge is -2.32. The molecule has 0 saturated carbocycles. The zero-order valence-corrected chi connectivity index (χ0v) is 16.0. The molecule has 1 aliphatic rings. The normalized spacial score (nSPS) is 16.7. The molecule has 1 aromatic carbocycles. The average molecular weight is 376 g/mol. The predicted molar refractivity (Wildman–Crippen MR) is 101 cm³/mol. The summed E-state index contributed by atoms with van der Waals surface area (Å²) >= 11 is 0. The van der Waals surface area contributed by atoms with Crippen LogP contribution >= 0.6 is 0 Å². The predicted octanol–water partition coefficient (Wildman–Crippen LogP) is 1.80. The van der Waals surface area contributed by atoms with Gasteiger partial charge in [-0.1, -0.05) is 12.1 Å². The number of carboxylic acid groups (broad SMARTS) is 1. The minimum Gasteiger partial charge on any atom is -0.497 e. The van der Waals surface area contributed by atoms with Crippen LogP contribution in [0.25, 0.3) is 0 Å². The Hall–Kier alpha value is -2.57. The quantitative estimate of drug-likeness (QED) is 0.748. The number of amides is 2. The number of nitrogens with zero attached hydrogens (tertiary/aromatic N) is 2. The maximum Gasteiger partial charge on any atom is 0.308 e. The fourth-order valence-electron chi connectivity index (χ4n) is 3.22. The smallest absolute Gasteiger partial charge is 0.308 e. The maximum atomic E-state index is 12.4. The molecule has 1 atom stereocenters. The number of hydrogen-bond acceptors (Lipinski definition) is 4. The van der Waals surface area contributed by atoms with Crippen molar-refractivity contribution in [2.45, 2.75) is 32.1 Å². The van der Waals surface area contributed by atoms with E-state index >= 15 is 0 Å². The number of aliphatic carboxylic acids is 1. The molecular weight excluding hydrogens is 348 g/mol.